The average Bonchev–Trinajstić information content (AvgIpc) is 3.45. The SMILES string of the molecule is Cc1ccc(CN(Cc2ccc(F)cc2)C(=O)CN(CC2CCCO2)C(=O)C(C)(C)CCl)o1. The lowest BCUT2D eigenvalue weighted by Crippen LogP contribution is -2.49. The van der Waals surface area contributed by atoms with Crippen molar-refractivity contribution in [1.82, 2.24) is 9.80 Å². The Morgan fingerprint density at radius 1 is 1.12 bits per heavy atom. The number of aryl methyl sites for hydroxylation is 1. The summed E-state index contributed by atoms with van der Waals surface area (Å²) in [5.74, 6) is 0.781. The molecular formula is C25H32ClFN2O4. The van der Waals surface area contributed by atoms with E-state index in [1.807, 2.05) is 19.1 Å². The second-order valence-corrected chi connectivity index (χ2v) is 9.49. The number of carbonyl (C=O) groups excluding carboxylic acids is 2. The van der Waals surface area contributed by atoms with Gasteiger partial charge in [-0.1, -0.05) is 12.1 Å². The fourth-order valence-electron chi connectivity index (χ4n) is 3.80. The van der Waals surface area contributed by atoms with Gasteiger partial charge in [0.25, 0.3) is 0 Å². The molecule has 33 heavy (non-hydrogen) atoms. The number of nitrogens with zero attached hydrogens (tertiary/aromatic N) is 2. The van der Waals surface area contributed by atoms with Crippen LogP contribution in [0.2, 0.25) is 0 Å². The van der Waals surface area contributed by atoms with Gasteiger partial charge in [-0.2, -0.15) is 0 Å². The Labute approximate surface area is 199 Å². The first-order chi connectivity index (χ1) is 15.7. The van der Waals surface area contributed by atoms with Crippen molar-refractivity contribution in [3.63, 3.8) is 0 Å². The quantitative estimate of drug-likeness (QED) is 0.471. The van der Waals surface area contributed by atoms with Gasteiger partial charge < -0.3 is 19.0 Å². The maximum Gasteiger partial charge on any atom is 0.242 e. The monoisotopic (exact) mass is 478 g/mol. The van der Waals surface area contributed by atoms with Crippen LogP contribution in [0.4, 0.5) is 4.39 Å². The van der Waals surface area contributed by atoms with E-state index in [0.717, 1.165) is 24.2 Å². The molecule has 2 amide bonds. The Balaban J connectivity index is 1.80. The van der Waals surface area contributed by atoms with Gasteiger partial charge in [-0.15, -0.1) is 11.6 Å². The molecule has 0 N–H and O–H groups in total. The van der Waals surface area contributed by atoms with Crippen LogP contribution in [0.15, 0.2) is 40.8 Å². The zero-order valence-corrected chi connectivity index (χ0v) is 20.2. The summed E-state index contributed by atoms with van der Waals surface area (Å²) in [5.41, 5.74) is -0.0218. The van der Waals surface area contributed by atoms with E-state index in [2.05, 4.69) is 0 Å². The van der Waals surface area contributed by atoms with E-state index in [9.17, 15) is 14.0 Å². The number of benzene rings is 1. The summed E-state index contributed by atoms with van der Waals surface area (Å²) >= 11 is 6.06. The Bertz CT molecular complexity index is 938. The molecule has 180 valence electrons. The predicted octanol–water partition coefficient (Wildman–Crippen LogP) is 4.53. The molecule has 6 nitrogen and oxygen atoms in total. The normalized spacial score (nSPS) is 16.1. The fraction of sp³-hybridized carbons (Fsp3) is 0.520. The minimum Gasteiger partial charge on any atom is -0.464 e. The number of rotatable bonds is 10. The molecule has 0 bridgehead atoms. The Hall–Kier alpha value is -2.38. The van der Waals surface area contributed by atoms with Crippen LogP contribution in [0, 0.1) is 18.2 Å². The zero-order chi connectivity index (χ0) is 24.0. The number of alkyl halides is 1. The van der Waals surface area contributed by atoms with Crippen molar-refractivity contribution >= 4 is 23.4 Å². The molecule has 2 heterocycles. The van der Waals surface area contributed by atoms with E-state index < -0.39 is 5.41 Å². The molecule has 1 fully saturated rings. The largest absolute Gasteiger partial charge is 0.464 e. The first-order valence-electron chi connectivity index (χ1n) is 11.2. The summed E-state index contributed by atoms with van der Waals surface area (Å²) in [7, 11) is 0. The van der Waals surface area contributed by atoms with Crippen LogP contribution in [0.5, 0.6) is 0 Å². The van der Waals surface area contributed by atoms with Crippen LogP contribution >= 0.6 is 11.6 Å². The highest BCUT2D eigenvalue weighted by Gasteiger charge is 2.35. The highest BCUT2D eigenvalue weighted by molar-refractivity contribution is 6.19. The molecule has 1 saturated heterocycles. The summed E-state index contributed by atoms with van der Waals surface area (Å²) < 4.78 is 24.8. The molecule has 0 saturated carbocycles. The summed E-state index contributed by atoms with van der Waals surface area (Å²) in [6, 6.07) is 9.69. The highest BCUT2D eigenvalue weighted by Crippen LogP contribution is 2.23. The van der Waals surface area contributed by atoms with E-state index in [4.69, 9.17) is 20.8 Å². The third kappa shape index (κ3) is 7.05. The number of halogens is 2. The zero-order valence-electron chi connectivity index (χ0n) is 19.5. The van der Waals surface area contributed by atoms with Gasteiger partial charge >= 0.3 is 0 Å². The molecule has 1 aliphatic heterocycles. The summed E-state index contributed by atoms with van der Waals surface area (Å²) in [4.78, 5) is 29.9. The van der Waals surface area contributed by atoms with Crippen molar-refractivity contribution in [1.29, 1.82) is 0 Å². The summed E-state index contributed by atoms with van der Waals surface area (Å²) in [6.45, 7) is 6.80. The van der Waals surface area contributed by atoms with E-state index in [1.165, 1.54) is 12.1 Å². The van der Waals surface area contributed by atoms with Crippen molar-refractivity contribution < 1.29 is 23.1 Å². The molecule has 0 spiro atoms. The lowest BCUT2D eigenvalue weighted by atomic mass is 9.94. The van der Waals surface area contributed by atoms with Gasteiger partial charge in [0.1, 0.15) is 17.3 Å². The molecule has 8 heteroatoms. The maximum atomic E-state index is 13.5. The number of carbonyl (C=O) groups is 2. The van der Waals surface area contributed by atoms with Crippen LogP contribution in [0.25, 0.3) is 0 Å². The molecule has 1 aliphatic rings. The Kier molecular flexibility index (Phi) is 8.54. The van der Waals surface area contributed by atoms with E-state index in [0.29, 0.717) is 18.9 Å². The molecule has 1 atom stereocenters. The lowest BCUT2D eigenvalue weighted by Gasteiger charge is -2.33. The fourth-order valence-corrected chi connectivity index (χ4v) is 3.92. The number of amides is 2. The third-order valence-corrected chi connectivity index (χ3v) is 6.42. The number of hydrogen-bond donors (Lipinski definition) is 0. The van der Waals surface area contributed by atoms with E-state index in [-0.39, 0.29) is 49.2 Å². The first-order valence-corrected chi connectivity index (χ1v) is 11.8. The molecule has 0 aliphatic carbocycles. The Morgan fingerprint density at radius 2 is 1.85 bits per heavy atom. The van der Waals surface area contributed by atoms with Crippen LogP contribution in [-0.2, 0) is 27.4 Å². The van der Waals surface area contributed by atoms with Crippen LogP contribution in [0.1, 0.15) is 43.8 Å². The molecule has 3 rings (SSSR count). The molecule has 1 aromatic heterocycles. The Morgan fingerprint density at radius 3 is 2.42 bits per heavy atom. The highest BCUT2D eigenvalue weighted by atomic mass is 35.5. The molecule has 2 aromatic rings. The second kappa shape index (κ2) is 11.2. The number of hydrogen-bond acceptors (Lipinski definition) is 4. The van der Waals surface area contributed by atoms with Gasteiger partial charge in [-0.25, -0.2) is 4.39 Å². The van der Waals surface area contributed by atoms with Gasteiger partial charge in [0.2, 0.25) is 11.8 Å². The topological polar surface area (TPSA) is 63.0 Å². The molecule has 1 aromatic carbocycles. The van der Waals surface area contributed by atoms with Gasteiger partial charge in [0, 0.05) is 25.6 Å². The standard InChI is InChI=1S/C25H32ClFN2O4/c1-18-6-11-22(33-18)15-28(13-19-7-9-20(27)10-8-19)23(30)16-29(14-21-5-4-12-32-21)24(31)25(2,3)17-26/h6-11,21H,4-5,12-17H2,1-3H3. The number of furan rings is 1. The van der Waals surface area contributed by atoms with E-state index >= 15 is 0 Å². The smallest absolute Gasteiger partial charge is 0.242 e. The second-order valence-electron chi connectivity index (χ2n) is 9.23. The minimum atomic E-state index is -0.805. The van der Waals surface area contributed by atoms with Gasteiger partial charge in [0.15, 0.2) is 0 Å². The summed E-state index contributed by atoms with van der Waals surface area (Å²) in [5, 5.41) is 0. The predicted molar refractivity (Wildman–Crippen MR) is 124 cm³/mol. The van der Waals surface area contributed by atoms with Crippen molar-refractivity contribution in [2.75, 3.05) is 25.6 Å². The number of ether oxygens (including phenoxy) is 1. The van der Waals surface area contributed by atoms with E-state index in [1.54, 1.807) is 35.8 Å². The first kappa shape index (κ1) is 25.2. The van der Waals surface area contributed by atoms with Crippen LogP contribution in [0.3, 0.4) is 0 Å². The minimum absolute atomic E-state index is 0.0915. The lowest BCUT2D eigenvalue weighted by molar-refractivity contribution is -0.147. The van der Waals surface area contributed by atoms with Crippen molar-refractivity contribution in [2.24, 2.45) is 5.41 Å². The van der Waals surface area contributed by atoms with Gasteiger partial charge in [-0.3, -0.25) is 9.59 Å². The summed E-state index contributed by atoms with van der Waals surface area (Å²) in [6.07, 6.45) is 1.70. The van der Waals surface area contributed by atoms with Crippen molar-refractivity contribution in [2.45, 2.75) is 52.8 Å². The molecule has 1 unspecified atom stereocenters. The maximum absolute atomic E-state index is 13.5. The molecule has 0 radical (unpaired) electrons. The van der Waals surface area contributed by atoms with Gasteiger partial charge in [-0.05, 0) is 63.4 Å². The average molecular weight is 479 g/mol. The third-order valence-electron chi connectivity index (χ3n) is 5.76. The van der Waals surface area contributed by atoms with Crippen LogP contribution in [-0.4, -0.2) is 53.3 Å². The molecular weight excluding hydrogens is 447 g/mol. The van der Waals surface area contributed by atoms with Crippen molar-refractivity contribution in [3.8, 4) is 0 Å². The van der Waals surface area contributed by atoms with Crippen LogP contribution < -0.4 is 0 Å². The van der Waals surface area contributed by atoms with Gasteiger partial charge in [0.05, 0.1) is 24.6 Å². The van der Waals surface area contributed by atoms with Crippen molar-refractivity contribution in [3.05, 3.63) is 59.3 Å².